The van der Waals surface area contributed by atoms with E-state index >= 15 is 0 Å². The molecule has 2 aromatic heterocycles. The minimum absolute atomic E-state index is 0.118. The third-order valence-electron chi connectivity index (χ3n) is 4.72. The van der Waals surface area contributed by atoms with Gasteiger partial charge in [-0.25, -0.2) is 9.78 Å². The molecule has 0 aliphatic rings. The Labute approximate surface area is 179 Å². The van der Waals surface area contributed by atoms with Gasteiger partial charge in [0.15, 0.2) is 0 Å². The van der Waals surface area contributed by atoms with Crippen molar-refractivity contribution < 1.29 is 27.9 Å². The molecule has 0 aliphatic heterocycles. The maximum Gasteiger partial charge on any atom is 0.416 e. The van der Waals surface area contributed by atoms with Gasteiger partial charge in [-0.2, -0.15) is 13.2 Å². The molecule has 0 fully saturated rings. The number of alkyl halides is 3. The number of hydrogen-bond acceptors (Lipinski definition) is 4. The van der Waals surface area contributed by atoms with Gasteiger partial charge in [-0.15, -0.1) is 0 Å². The smallest absolute Gasteiger partial charge is 0.416 e. The van der Waals surface area contributed by atoms with Gasteiger partial charge < -0.3 is 10.4 Å². The number of anilines is 1. The highest BCUT2D eigenvalue weighted by atomic mass is 19.4. The summed E-state index contributed by atoms with van der Waals surface area (Å²) in [6.07, 6.45) is -3.02. The fourth-order valence-corrected chi connectivity index (χ4v) is 3.15. The molecule has 0 atom stereocenters. The van der Waals surface area contributed by atoms with Crippen LogP contribution in [0, 0.1) is 0 Å². The van der Waals surface area contributed by atoms with Gasteiger partial charge >= 0.3 is 12.1 Å². The number of amides is 1. The van der Waals surface area contributed by atoms with E-state index in [1.54, 1.807) is 12.1 Å². The maximum absolute atomic E-state index is 12.9. The third kappa shape index (κ3) is 4.27. The van der Waals surface area contributed by atoms with Crippen LogP contribution in [0.2, 0.25) is 0 Å². The zero-order chi connectivity index (χ0) is 22.9. The van der Waals surface area contributed by atoms with E-state index in [0.717, 1.165) is 12.1 Å². The summed E-state index contributed by atoms with van der Waals surface area (Å²) in [6.45, 7) is 0. The molecule has 32 heavy (non-hydrogen) atoms. The monoisotopic (exact) mass is 437 g/mol. The van der Waals surface area contributed by atoms with Crippen molar-refractivity contribution in [3.63, 3.8) is 0 Å². The van der Waals surface area contributed by atoms with E-state index in [-0.39, 0.29) is 22.6 Å². The van der Waals surface area contributed by atoms with Crippen LogP contribution in [0.15, 0.2) is 72.9 Å². The molecule has 0 radical (unpaired) electrons. The second-order valence-corrected chi connectivity index (χ2v) is 6.84. The van der Waals surface area contributed by atoms with Crippen molar-refractivity contribution in [3.05, 3.63) is 89.6 Å². The molecule has 0 aliphatic carbocycles. The molecule has 0 spiro atoms. The van der Waals surface area contributed by atoms with Crippen molar-refractivity contribution in [2.45, 2.75) is 6.18 Å². The number of carbonyl (C=O) groups is 2. The largest absolute Gasteiger partial charge is 0.478 e. The van der Waals surface area contributed by atoms with Crippen molar-refractivity contribution in [1.82, 2.24) is 9.97 Å². The van der Waals surface area contributed by atoms with Gasteiger partial charge in [0.2, 0.25) is 0 Å². The molecular formula is C23H14F3N3O3. The topological polar surface area (TPSA) is 92.2 Å². The number of carboxylic acid groups (broad SMARTS) is 1. The second kappa shape index (κ2) is 8.10. The average molecular weight is 437 g/mol. The van der Waals surface area contributed by atoms with Crippen molar-refractivity contribution in [2.24, 2.45) is 0 Å². The lowest BCUT2D eigenvalue weighted by Gasteiger charge is -2.11. The van der Waals surface area contributed by atoms with Crippen LogP contribution >= 0.6 is 0 Å². The Morgan fingerprint density at radius 3 is 2.38 bits per heavy atom. The molecule has 2 heterocycles. The van der Waals surface area contributed by atoms with Gasteiger partial charge in [0.05, 0.1) is 27.9 Å². The first-order valence-corrected chi connectivity index (χ1v) is 9.30. The Morgan fingerprint density at radius 2 is 1.69 bits per heavy atom. The Kier molecular flexibility index (Phi) is 5.31. The predicted molar refractivity (Wildman–Crippen MR) is 111 cm³/mol. The molecule has 1 amide bonds. The molecule has 0 saturated carbocycles. The van der Waals surface area contributed by atoms with E-state index in [2.05, 4.69) is 15.3 Å². The van der Waals surface area contributed by atoms with Crippen LogP contribution in [0.1, 0.15) is 26.3 Å². The first kappa shape index (κ1) is 21.0. The molecule has 2 aromatic carbocycles. The van der Waals surface area contributed by atoms with E-state index < -0.39 is 23.6 Å². The molecule has 4 rings (SSSR count). The SMILES string of the molecule is O=C(O)c1ccc2nc(NC(=O)c3cccnc3-c3ccc(C(F)(F)F)cc3)ccc2c1. The molecule has 9 heteroatoms. The number of carboxylic acids is 1. The number of aromatic nitrogens is 2. The Morgan fingerprint density at radius 1 is 0.938 bits per heavy atom. The normalized spacial score (nSPS) is 11.3. The standard InChI is InChI=1S/C23H14F3N3O3/c24-23(25,26)16-7-3-13(4-8-16)20-17(2-1-11-27-20)21(30)29-19-10-6-14-12-15(22(31)32)5-9-18(14)28-19/h1-12H,(H,31,32)(H,28,29,30). The van der Waals surface area contributed by atoms with E-state index in [4.69, 9.17) is 5.11 Å². The minimum atomic E-state index is -4.46. The van der Waals surface area contributed by atoms with Crippen LogP contribution in [0.3, 0.4) is 0 Å². The van der Waals surface area contributed by atoms with Crippen molar-refractivity contribution >= 4 is 28.6 Å². The number of fused-ring (bicyclic) bond motifs is 1. The molecule has 6 nitrogen and oxygen atoms in total. The van der Waals surface area contributed by atoms with Crippen LogP contribution < -0.4 is 5.32 Å². The number of aromatic carboxylic acids is 1. The summed E-state index contributed by atoms with van der Waals surface area (Å²) in [4.78, 5) is 32.4. The highest BCUT2D eigenvalue weighted by molar-refractivity contribution is 6.08. The van der Waals surface area contributed by atoms with Crippen molar-refractivity contribution in [2.75, 3.05) is 5.32 Å². The average Bonchev–Trinajstić information content (AvgIpc) is 2.78. The van der Waals surface area contributed by atoms with Crippen LogP contribution in [-0.4, -0.2) is 27.0 Å². The van der Waals surface area contributed by atoms with E-state index in [1.807, 2.05) is 0 Å². The van der Waals surface area contributed by atoms with Crippen LogP contribution in [0.5, 0.6) is 0 Å². The summed E-state index contributed by atoms with van der Waals surface area (Å²) >= 11 is 0. The Balaban J connectivity index is 1.62. The number of benzene rings is 2. The summed E-state index contributed by atoms with van der Waals surface area (Å²) in [7, 11) is 0. The quantitative estimate of drug-likeness (QED) is 0.454. The number of pyridine rings is 2. The highest BCUT2D eigenvalue weighted by Crippen LogP contribution is 2.31. The minimum Gasteiger partial charge on any atom is -0.478 e. The molecular weight excluding hydrogens is 423 g/mol. The molecule has 2 N–H and O–H groups in total. The van der Waals surface area contributed by atoms with Crippen LogP contribution in [-0.2, 0) is 6.18 Å². The van der Waals surface area contributed by atoms with Gasteiger partial charge in [0.25, 0.3) is 5.91 Å². The van der Waals surface area contributed by atoms with Crippen LogP contribution in [0.25, 0.3) is 22.2 Å². The molecule has 4 aromatic rings. The molecule has 160 valence electrons. The number of rotatable bonds is 4. The second-order valence-electron chi connectivity index (χ2n) is 6.84. The van der Waals surface area contributed by atoms with Gasteiger partial charge in [0, 0.05) is 17.1 Å². The zero-order valence-electron chi connectivity index (χ0n) is 16.2. The molecule has 0 unspecified atom stereocenters. The molecule has 0 saturated heterocycles. The lowest BCUT2D eigenvalue weighted by atomic mass is 10.0. The van der Waals surface area contributed by atoms with Gasteiger partial charge in [-0.1, -0.05) is 12.1 Å². The van der Waals surface area contributed by atoms with Gasteiger partial charge in [-0.3, -0.25) is 9.78 Å². The lowest BCUT2D eigenvalue weighted by molar-refractivity contribution is -0.137. The number of carbonyl (C=O) groups excluding carboxylic acids is 1. The number of hydrogen-bond donors (Lipinski definition) is 2. The first-order chi connectivity index (χ1) is 15.2. The number of halogens is 3. The first-order valence-electron chi connectivity index (χ1n) is 9.30. The van der Waals surface area contributed by atoms with Gasteiger partial charge in [0.1, 0.15) is 5.82 Å². The van der Waals surface area contributed by atoms with E-state index in [9.17, 15) is 22.8 Å². The molecule has 0 bridgehead atoms. The fourth-order valence-electron chi connectivity index (χ4n) is 3.15. The van der Waals surface area contributed by atoms with Crippen LogP contribution in [0.4, 0.5) is 19.0 Å². The number of nitrogens with zero attached hydrogens (tertiary/aromatic N) is 2. The van der Waals surface area contributed by atoms with Crippen molar-refractivity contribution in [1.29, 1.82) is 0 Å². The van der Waals surface area contributed by atoms with E-state index in [0.29, 0.717) is 16.5 Å². The van der Waals surface area contributed by atoms with E-state index in [1.165, 1.54) is 48.7 Å². The Hall–Kier alpha value is -4.27. The zero-order valence-corrected chi connectivity index (χ0v) is 16.2. The lowest BCUT2D eigenvalue weighted by Crippen LogP contribution is -2.15. The maximum atomic E-state index is 12.9. The number of nitrogens with one attached hydrogen (secondary N) is 1. The summed E-state index contributed by atoms with van der Waals surface area (Å²) in [5.41, 5.74) is 0.557. The van der Waals surface area contributed by atoms with Crippen molar-refractivity contribution in [3.8, 4) is 11.3 Å². The van der Waals surface area contributed by atoms with Gasteiger partial charge in [-0.05, 0) is 54.6 Å². The Bertz CT molecular complexity index is 1340. The summed E-state index contributed by atoms with van der Waals surface area (Å²) in [6, 6.07) is 15.0. The highest BCUT2D eigenvalue weighted by Gasteiger charge is 2.30. The fraction of sp³-hybridized carbons (Fsp3) is 0.0435. The predicted octanol–water partition coefficient (Wildman–Crippen LogP) is 5.27. The third-order valence-corrected chi connectivity index (χ3v) is 4.72. The summed E-state index contributed by atoms with van der Waals surface area (Å²) < 4.78 is 38.5. The summed E-state index contributed by atoms with van der Waals surface area (Å²) in [5, 5.41) is 12.3. The summed E-state index contributed by atoms with van der Waals surface area (Å²) in [5.74, 6) is -1.37.